The lowest BCUT2D eigenvalue weighted by molar-refractivity contribution is 0.831. The standard InChI is InChI=1S/C23H27/c1-4-9-19-15-20-14-17-12-7-8-13-18(17)16-23(20)22(11-6-3)21(19)10-5-2/h7-8,12-14,16H,4-6,9-11H2,1-3H3. The molecule has 0 bridgehead atoms. The van der Waals surface area contributed by atoms with Gasteiger partial charge in [-0.1, -0.05) is 64.3 Å². The predicted molar refractivity (Wildman–Crippen MR) is 102 cm³/mol. The van der Waals surface area contributed by atoms with Crippen LogP contribution < -0.4 is 0 Å². The molecule has 0 fully saturated rings. The number of aryl methyl sites for hydroxylation is 2. The summed E-state index contributed by atoms with van der Waals surface area (Å²) in [7, 11) is 0. The number of fused-ring (bicyclic) bond motifs is 2. The van der Waals surface area contributed by atoms with Crippen LogP contribution in [0.25, 0.3) is 21.5 Å². The molecule has 1 radical (unpaired) electrons. The third kappa shape index (κ3) is 3.13. The molecular weight excluding hydrogens is 276 g/mol. The van der Waals surface area contributed by atoms with Crippen molar-refractivity contribution in [2.45, 2.75) is 59.3 Å². The summed E-state index contributed by atoms with van der Waals surface area (Å²) in [5.41, 5.74) is 4.62. The molecule has 0 spiro atoms. The first-order valence-corrected chi connectivity index (χ1v) is 9.16. The minimum Gasteiger partial charge on any atom is -0.0651 e. The van der Waals surface area contributed by atoms with Crippen LogP contribution >= 0.6 is 0 Å². The summed E-state index contributed by atoms with van der Waals surface area (Å²) in [5.74, 6) is 0. The summed E-state index contributed by atoms with van der Waals surface area (Å²) < 4.78 is 0. The van der Waals surface area contributed by atoms with E-state index < -0.39 is 0 Å². The molecule has 0 aromatic heterocycles. The van der Waals surface area contributed by atoms with Gasteiger partial charge in [0.1, 0.15) is 0 Å². The average molecular weight is 303 g/mol. The highest BCUT2D eigenvalue weighted by molar-refractivity contribution is 6.00. The van der Waals surface area contributed by atoms with Gasteiger partial charge in [0.05, 0.1) is 0 Å². The van der Waals surface area contributed by atoms with E-state index in [1.807, 2.05) is 0 Å². The van der Waals surface area contributed by atoms with Gasteiger partial charge in [-0.15, -0.1) is 0 Å². The first-order chi connectivity index (χ1) is 11.3. The van der Waals surface area contributed by atoms with Crippen molar-refractivity contribution in [3.63, 3.8) is 0 Å². The zero-order valence-electron chi connectivity index (χ0n) is 14.7. The average Bonchev–Trinajstić information content (AvgIpc) is 2.56. The van der Waals surface area contributed by atoms with Gasteiger partial charge in [0.15, 0.2) is 0 Å². The van der Waals surface area contributed by atoms with Gasteiger partial charge >= 0.3 is 0 Å². The van der Waals surface area contributed by atoms with Crippen LogP contribution in [0.5, 0.6) is 0 Å². The molecule has 0 N–H and O–H groups in total. The fourth-order valence-corrected chi connectivity index (χ4v) is 3.73. The van der Waals surface area contributed by atoms with E-state index in [-0.39, 0.29) is 0 Å². The first kappa shape index (κ1) is 16.1. The molecule has 0 atom stereocenters. The van der Waals surface area contributed by atoms with Crippen LogP contribution in [-0.2, 0) is 19.3 Å². The second kappa shape index (κ2) is 7.17. The lowest BCUT2D eigenvalue weighted by Gasteiger charge is -2.18. The molecule has 0 nitrogen and oxygen atoms in total. The quantitative estimate of drug-likeness (QED) is 0.447. The summed E-state index contributed by atoms with van der Waals surface area (Å²) >= 11 is 0. The van der Waals surface area contributed by atoms with Crippen LogP contribution in [0.3, 0.4) is 0 Å². The summed E-state index contributed by atoms with van der Waals surface area (Å²) in [6.45, 7) is 6.85. The van der Waals surface area contributed by atoms with Crippen LogP contribution in [-0.4, -0.2) is 0 Å². The van der Waals surface area contributed by atoms with Crippen LogP contribution in [0.4, 0.5) is 0 Å². The van der Waals surface area contributed by atoms with Crippen molar-refractivity contribution in [3.8, 4) is 0 Å². The van der Waals surface area contributed by atoms with E-state index in [2.05, 4.69) is 63.2 Å². The van der Waals surface area contributed by atoms with Gasteiger partial charge in [-0.2, -0.15) is 0 Å². The molecule has 23 heavy (non-hydrogen) atoms. The molecule has 0 aliphatic carbocycles. The van der Waals surface area contributed by atoms with Crippen LogP contribution in [0.15, 0.2) is 36.4 Å². The van der Waals surface area contributed by atoms with E-state index in [1.54, 1.807) is 11.1 Å². The van der Waals surface area contributed by atoms with Crippen LogP contribution in [0.2, 0.25) is 0 Å². The molecular formula is C23H27. The fraction of sp³-hybridized carbons (Fsp3) is 0.391. The van der Waals surface area contributed by atoms with Crippen molar-refractivity contribution in [2.24, 2.45) is 0 Å². The third-order valence-electron chi connectivity index (χ3n) is 4.73. The molecule has 3 aromatic carbocycles. The Balaban J connectivity index is 2.34. The molecule has 0 unspecified atom stereocenters. The predicted octanol–water partition coefficient (Wildman–Crippen LogP) is 6.65. The van der Waals surface area contributed by atoms with Crippen LogP contribution in [0, 0.1) is 6.07 Å². The Hall–Kier alpha value is -1.82. The topological polar surface area (TPSA) is 0 Å². The van der Waals surface area contributed by atoms with Crippen molar-refractivity contribution in [2.75, 3.05) is 0 Å². The lowest BCUT2D eigenvalue weighted by atomic mass is 9.87. The third-order valence-corrected chi connectivity index (χ3v) is 4.73. The summed E-state index contributed by atoms with van der Waals surface area (Å²) in [5, 5.41) is 5.39. The van der Waals surface area contributed by atoms with Crippen molar-refractivity contribution in [1.82, 2.24) is 0 Å². The second-order valence-electron chi connectivity index (χ2n) is 6.56. The van der Waals surface area contributed by atoms with E-state index in [1.165, 1.54) is 59.2 Å². The first-order valence-electron chi connectivity index (χ1n) is 9.16. The minimum absolute atomic E-state index is 1.15. The molecule has 119 valence electrons. The molecule has 3 aromatic rings. The van der Waals surface area contributed by atoms with Crippen molar-refractivity contribution in [1.29, 1.82) is 0 Å². The van der Waals surface area contributed by atoms with E-state index in [4.69, 9.17) is 0 Å². The monoisotopic (exact) mass is 303 g/mol. The molecule has 0 aliphatic heterocycles. The maximum Gasteiger partial charge on any atom is -0.00610 e. The highest BCUT2D eigenvalue weighted by Crippen LogP contribution is 2.32. The number of hydrogen-bond acceptors (Lipinski definition) is 0. The Morgan fingerprint density at radius 3 is 2.00 bits per heavy atom. The van der Waals surface area contributed by atoms with Gasteiger partial charge in [0, 0.05) is 0 Å². The largest absolute Gasteiger partial charge is 0.0651 e. The molecule has 0 aliphatic rings. The maximum atomic E-state index is 3.77. The zero-order chi connectivity index (χ0) is 16.2. The molecule has 0 heteroatoms. The maximum absolute atomic E-state index is 3.77. The molecule has 3 rings (SSSR count). The van der Waals surface area contributed by atoms with Gasteiger partial charge in [-0.3, -0.25) is 0 Å². The number of rotatable bonds is 6. The van der Waals surface area contributed by atoms with Crippen LogP contribution in [0.1, 0.15) is 56.7 Å². The second-order valence-corrected chi connectivity index (χ2v) is 6.56. The summed E-state index contributed by atoms with van der Waals surface area (Å²) in [4.78, 5) is 0. The molecule has 0 heterocycles. The van der Waals surface area contributed by atoms with Crippen molar-refractivity contribution in [3.05, 3.63) is 59.2 Å². The molecule has 0 amide bonds. The minimum atomic E-state index is 1.15. The van der Waals surface area contributed by atoms with Crippen molar-refractivity contribution >= 4 is 21.5 Å². The lowest BCUT2D eigenvalue weighted by Crippen LogP contribution is -2.02. The molecule has 0 saturated carbocycles. The summed E-state index contributed by atoms with van der Waals surface area (Å²) in [6.07, 6.45) is 7.11. The number of benzene rings is 3. The number of hydrogen-bond donors (Lipinski definition) is 0. The smallest absolute Gasteiger partial charge is 0.00610 e. The van der Waals surface area contributed by atoms with Gasteiger partial charge in [-0.25, -0.2) is 0 Å². The highest BCUT2D eigenvalue weighted by Gasteiger charge is 2.13. The van der Waals surface area contributed by atoms with E-state index in [9.17, 15) is 0 Å². The Morgan fingerprint density at radius 2 is 1.35 bits per heavy atom. The van der Waals surface area contributed by atoms with Gasteiger partial charge in [0.25, 0.3) is 0 Å². The molecule has 0 saturated heterocycles. The Morgan fingerprint density at radius 1 is 0.739 bits per heavy atom. The Labute approximate surface area is 140 Å². The van der Waals surface area contributed by atoms with E-state index in [0.29, 0.717) is 0 Å². The SMILES string of the molecule is CCCc1[c]c2cc3ccccc3cc2c(CCC)c1CCC. The van der Waals surface area contributed by atoms with E-state index >= 15 is 0 Å². The Bertz CT molecular complexity index is 811. The zero-order valence-corrected chi connectivity index (χ0v) is 14.7. The van der Waals surface area contributed by atoms with Gasteiger partial charge in [-0.05, 0) is 75.7 Å². The van der Waals surface area contributed by atoms with E-state index in [0.717, 1.165) is 6.42 Å². The van der Waals surface area contributed by atoms with Crippen molar-refractivity contribution < 1.29 is 0 Å². The normalized spacial score (nSPS) is 11.4. The Kier molecular flexibility index (Phi) is 5.00. The van der Waals surface area contributed by atoms with Gasteiger partial charge in [0.2, 0.25) is 0 Å². The van der Waals surface area contributed by atoms with Gasteiger partial charge < -0.3 is 0 Å². The summed E-state index contributed by atoms with van der Waals surface area (Å²) in [6, 6.07) is 17.2. The fourth-order valence-electron chi connectivity index (χ4n) is 3.73. The highest BCUT2D eigenvalue weighted by atomic mass is 14.2.